The summed E-state index contributed by atoms with van der Waals surface area (Å²) in [5, 5.41) is 0. The van der Waals surface area contributed by atoms with Crippen molar-refractivity contribution in [1.82, 2.24) is 9.55 Å². The molecule has 5 nitrogen and oxygen atoms in total. The van der Waals surface area contributed by atoms with E-state index in [1.807, 2.05) is 34.9 Å². The van der Waals surface area contributed by atoms with Gasteiger partial charge in [0.15, 0.2) is 9.84 Å². The third kappa shape index (κ3) is 3.01. The lowest BCUT2D eigenvalue weighted by Gasteiger charge is -2.26. The van der Waals surface area contributed by atoms with Crippen LogP contribution in [0, 0.1) is 0 Å². The molecule has 1 aliphatic rings. The molecule has 0 radical (unpaired) electrons. The highest BCUT2D eigenvalue weighted by atomic mass is 32.2. The number of aromatic nitrogens is 2. The van der Waals surface area contributed by atoms with Gasteiger partial charge in [-0.2, -0.15) is 0 Å². The zero-order chi connectivity index (χ0) is 14.9. The van der Waals surface area contributed by atoms with Gasteiger partial charge < -0.3 is 10.3 Å². The van der Waals surface area contributed by atoms with Crippen molar-refractivity contribution in [3.05, 3.63) is 54.1 Å². The number of rotatable bonds is 3. The van der Waals surface area contributed by atoms with E-state index in [4.69, 9.17) is 5.73 Å². The number of benzene rings is 1. The standard InChI is InChI=1S/C15H19N3O2S/c16-15(12-5-2-1-3-6-12)14-9-17-11-18(14)13-7-4-8-21(19,20)10-13/h1-3,5-6,9,11,13,15H,4,7-8,10,16H2. The van der Waals surface area contributed by atoms with E-state index in [0.717, 1.165) is 17.7 Å². The topological polar surface area (TPSA) is 78.0 Å². The van der Waals surface area contributed by atoms with Crippen LogP contribution in [0.3, 0.4) is 0 Å². The SMILES string of the molecule is NC(c1ccccc1)c1cncn1C1CCCS(=O)(=O)C1. The maximum absolute atomic E-state index is 11.8. The summed E-state index contributed by atoms with van der Waals surface area (Å²) in [6.45, 7) is 0. The third-order valence-corrected chi connectivity index (χ3v) is 5.81. The first-order valence-electron chi connectivity index (χ1n) is 7.09. The van der Waals surface area contributed by atoms with Crippen LogP contribution in [0.2, 0.25) is 0 Å². The smallest absolute Gasteiger partial charge is 0.152 e. The molecule has 0 amide bonds. The molecule has 1 fully saturated rings. The fourth-order valence-electron chi connectivity index (χ4n) is 2.91. The van der Waals surface area contributed by atoms with Gasteiger partial charge in [0.1, 0.15) is 0 Å². The number of imidazole rings is 1. The minimum absolute atomic E-state index is 0.0592. The minimum Gasteiger partial charge on any atom is -0.329 e. The Bertz CT molecular complexity index is 710. The lowest BCUT2D eigenvalue weighted by molar-refractivity contribution is 0.455. The van der Waals surface area contributed by atoms with E-state index in [9.17, 15) is 8.42 Å². The Balaban J connectivity index is 1.91. The lowest BCUT2D eigenvalue weighted by atomic mass is 10.0. The van der Waals surface area contributed by atoms with Crippen LogP contribution in [0.15, 0.2) is 42.9 Å². The monoisotopic (exact) mass is 305 g/mol. The van der Waals surface area contributed by atoms with Gasteiger partial charge in [0.25, 0.3) is 0 Å². The van der Waals surface area contributed by atoms with Gasteiger partial charge in [-0.3, -0.25) is 0 Å². The number of hydrogen-bond acceptors (Lipinski definition) is 4. The average Bonchev–Trinajstić information content (AvgIpc) is 2.96. The highest BCUT2D eigenvalue weighted by Gasteiger charge is 2.28. The number of hydrogen-bond donors (Lipinski definition) is 1. The molecule has 0 saturated carbocycles. The summed E-state index contributed by atoms with van der Waals surface area (Å²) < 4.78 is 25.6. The van der Waals surface area contributed by atoms with E-state index in [0.29, 0.717) is 6.42 Å². The van der Waals surface area contributed by atoms with Gasteiger partial charge >= 0.3 is 0 Å². The predicted molar refractivity (Wildman–Crippen MR) is 81.6 cm³/mol. The van der Waals surface area contributed by atoms with E-state index >= 15 is 0 Å². The number of sulfone groups is 1. The van der Waals surface area contributed by atoms with Gasteiger partial charge in [0.05, 0.1) is 35.8 Å². The molecule has 2 atom stereocenters. The van der Waals surface area contributed by atoms with Gasteiger partial charge in [-0.05, 0) is 18.4 Å². The molecular formula is C15H19N3O2S. The zero-order valence-corrected chi connectivity index (χ0v) is 12.5. The maximum atomic E-state index is 11.8. The summed E-state index contributed by atoms with van der Waals surface area (Å²) in [5.74, 6) is 0.468. The summed E-state index contributed by atoms with van der Waals surface area (Å²) in [7, 11) is -2.95. The normalized spacial score (nSPS) is 22.8. The Labute approximate surface area is 124 Å². The van der Waals surface area contributed by atoms with E-state index in [1.54, 1.807) is 12.5 Å². The Hall–Kier alpha value is -1.66. The molecule has 2 heterocycles. The van der Waals surface area contributed by atoms with Crippen molar-refractivity contribution in [2.24, 2.45) is 5.73 Å². The fraction of sp³-hybridized carbons (Fsp3) is 0.400. The molecule has 112 valence electrons. The Morgan fingerprint density at radius 2 is 2.05 bits per heavy atom. The predicted octanol–water partition coefficient (Wildman–Crippen LogP) is 1.68. The van der Waals surface area contributed by atoms with Crippen molar-refractivity contribution >= 4 is 9.84 Å². The third-order valence-electron chi connectivity index (χ3n) is 4.01. The van der Waals surface area contributed by atoms with E-state index in [2.05, 4.69) is 4.98 Å². The molecular weight excluding hydrogens is 286 g/mol. The molecule has 2 aromatic rings. The van der Waals surface area contributed by atoms with Gasteiger partial charge in [-0.1, -0.05) is 30.3 Å². The molecule has 2 N–H and O–H groups in total. The van der Waals surface area contributed by atoms with Crippen LogP contribution in [0.25, 0.3) is 0 Å². The quantitative estimate of drug-likeness (QED) is 0.936. The van der Waals surface area contributed by atoms with E-state index < -0.39 is 9.84 Å². The summed E-state index contributed by atoms with van der Waals surface area (Å²) >= 11 is 0. The van der Waals surface area contributed by atoms with Crippen molar-refractivity contribution < 1.29 is 8.42 Å². The molecule has 0 bridgehead atoms. The summed E-state index contributed by atoms with van der Waals surface area (Å²) in [4.78, 5) is 4.18. The first kappa shape index (κ1) is 14.3. The summed E-state index contributed by atoms with van der Waals surface area (Å²) in [6, 6.07) is 9.43. The largest absolute Gasteiger partial charge is 0.329 e. The first-order chi connectivity index (χ1) is 10.1. The van der Waals surface area contributed by atoms with Gasteiger partial charge in [-0.15, -0.1) is 0 Å². The van der Waals surface area contributed by atoms with E-state index in [1.165, 1.54) is 0 Å². The molecule has 1 saturated heterocycles. The van der Waals surface area contributed by atoms with Gasteiger partial charge in [0.2, 0.25) is 0 Å². The highest BCUT2D eigenvalue weighted by Crippen LogP contribution is 2.28. The Morgan fingerprint density at radius 3 is 2.76 bits per heavy atom. The second kappa shape index (κ2) is 5.61. The van der Waals surface area contributed by atoms with Crippen molar-refractivity contribution in [3.63, 3.8) is 0 Å². The van der Waals surface area contributed by atoms with Crippen LogP contribution in [0.5, 0.6) is 0 Å². The molecule has 1 aromatic heterocycles. The minimum atomic E-state index is -2.95. The lowest BCUT2D eigenvalue weighted by Crippen LogP contribution is -2.29. The van der Waals surface area contributed by atoms with Crippen LogP contribution in [0.4, 0.5) is 0 Å². The summed E-state index contributed by atoms with van der Waals surface area (Å²) in [6.07, 6.45) is 4.98. The second-order valence-corrected chi connectivity index (χ2v) is 7.75. The molecule has 1 aromatic carbocycles. The fourth-order valence-corrected chi connectivity index (χ4v) is 4.60. The maximum Gasteiger partial charge on any atom is 0.152 e. The first-order valence-corrected chi connectivity index (χ1v) is 8.91. The average molecular weight is 305 g/mol. The number of nitrogens with zero attached hydrogens (tertiary/aromatic N) is 2. The highest BCUT2D eigenvalue weighted by molar-refractivity contribution is 7.91. The van der Waals surface area contributed by atoms with Crippen LogP contribution < -0.4 is 5.73 Å². The Morgan fingerprint density at radius 1 is 1.29 bits per heavy atom. The van der Waals surface area contributed by atoms with Gasteiger partial charge in [0, 0.05) is 6.04 Å². The van der Waals surface area contributed by atoms with Crippen LogP contribution in [-0.4, -0.2) is 29.5 Å². The van der Waals surface area contributed by atoms with Crippen molar-refractivity contribution in [2.75, 3.05) is 11.5 Å². The molecule has 21 heavy (non-hydrogen) atoms. The van der Waals surface area contributed by atoms with Crippen LogP contribution in [-0.2, 0) is 9.84 Å². The zero-order valence-electron chi connectivity index (χ0n) is 11.7. The van der Waals surface area contributed by atoms with Gasteiger partial charge in [-0.25, -0.2) is 13.4 Å². The van der Waals surface area contributed by atoms with Crippen molar-refractivity contribution in [1.29, 1.82) is 0 Å². The molecule has 1 aliphatic heterocycles. The summed E-state index contributed by atoms with van der Waals surface area (Å²) in [5.41, 5.74) is 8.19. The molecule has 2 unspecified atom stereocenters. The molecule has 0 spiro atoms. The second-order valence-electron chi connectivity index (χ2n) is 5.52. The van der Waals surface area contributed by atoms with Crippen molar-refractivity contribution in [2.45, 2.75) is 24.9 Å². The van der Waals surface area contributed by atoms with Crippen molar-refractivity contribution in [3.8, 4) is 0 Å². The Kier molecular flexibility index (Phi) is 3.82. The molecule has 0 aliphatic carbocycles. The van der Waals surface area contributed by atoms with Crippen LogP contribution in [0.1, 0.15) is 36.2 Å². The molecule has 6 heteroatoms. The molecule has 3 rings (SSSR count). The van der Waals surface area contributed by atoms with Crippen LogP contribution >= 0.6 is 0 Å². The number of nitrogens with two attached hydrogens (primary N) is 1. The van der Waals surface area contributed by atoms with E-state index in [-0.39, 0.29) is 23.6 Å².